The summed E-state index contributed by atoms with van der Waals surface area (Å²) in [6.07, 6.45) is 2.97. The number of anilines is 2. The number of carbonyl (C=O) groups is 1. The number of phenolic OH excluding ortho intramolecular Hbond substituents is 2. The van der Waals surface area contributed by atoms with Crippen LogP contribution in [0.1, 0.15) is 10.4 Å². The van der Waals surface area contributed by atoms with Gasteiger partial charge in [0.05, 0.1) is 17.6 Å². The summed E-state index contributed by atoms with van der Waals surface area (Å²) in [5.41, 5.74) is 6.77. The van der Waals surface area contributed by atoms with E-state index >= 15 is 0 Å². The zero-order chi connectivity index (χ0) is 14.0. The van der Waals surface area contributed by atoms with Crippen molar-refractivity contribution in [3.05, 3.63) is 42.2 Å². The average Bonchev–Trinajstić information content (AvgIpc) is 2.36. The number of amides is 1. The smallest absolute Gasteiger partial charge is 0.258 e. The van der Waals surface area contributed by atoms with Crippen molar-refractivity contribution in [3.63, 3.8) is 0 Å². The van der Waals surface area contributed by atoms with E-state index in [-0.39, 0.29) is 17.1 Å². The zero-order valence-electron chi connectivity index (χ0n) is 10.2. The fraction of sp³-hybridized carbons (Fsp3) is 0.0769. The van der Waals surface area contributed by atoms with Gasteiger partial charge in [-0.25, -0.2) is 0 Å². The Hall–Kier alpha value is -2.76. The predicted octanol–water partition coefficient (Wildman–Crippen LogP) is 1.35. The average molecular weight is 259 g/mol. The Bertz CT molecular complexity index is 608. The summed E-state index contributed by atoms with van der Waals surface area (Å²) in [4.78, 5) is 17.4. The van der Waals surface area contributed by atoms with Crippen molar-refractivity contribution in [2.75, 3.05) is 17.7 Å². The molecule has 19 heavy (non-hydrogen) atoms. The van der Waals surface area contributed by atoms with Gasteiger partial charge in [-0.05, 0) is 18.2 Å². The molecule has 0 radical (unpaired) electrons. The summed E-state index contributed by atoms with van der Waals surface area (Å²) >= 11 is 0. The maximum Gasteiger partial charge on any atom is 0.258 e. The Kier molecular flexibility index (Phi) is 3.24. The van der Waals surface area contributed by atoms with E-state index in [1.807, 2.05) is 0 Å². The summed E-state index contributed by atoms with van der Waals surface area (Å²) in [5.74, 6) is -0.761. The second kappa shape index (κ2) is 4.85. The quantitative estimate of drug-likeness (QED) is 0.756. The Labute approximate surface area is 109 Å². The molecular weight excluding hydrogens is 246 g/mol. The molecular formula is C13H13N3O3. The fourth-order valence-corrected chi connectivity index (χ4v) is 1.73. The standard InChI is InChI=1S/C13H13N3O3/c1-16(12-2-3-15-7-11(12)14)13(19)8-4-9(17)6-10(18)5-8/h2-7,17-18H,14H2,1H3. The molecule has 2 aromatic rings. The van der Waals surface area contributed by atoms with Crippen molar-refractivity contribution in [3.8, 4) is 11.5 Å². The van der Waals surface area contributed by atoms with Crippen LogP contribution in [0.25, 0.3) is 0 Å². The lowest BCUT2D eigenvalue weighted by Crippen LogP contribution is -2.27. The van der Waals surface area contributed by atoms with Gasteiger partial charge in [0.25, 0.3) is 5.91 Å². The van der Waals surface area contributed by atoms with Crippen molar-refractivity contribution in [2.24, 2.45) is 0 Å². The first-order valence-corrected chi connectivity index (χ1v) is 5.49. The number of hydrogen-bond acceptors (Lipinski definition) is 5. The molecule has 6 heteroatoms. The monoisotopic (exact) mass is 259 g/mol. The van der Waals surface area contributed by atoms with Crippen LogP contribution < -0.4 is 10.6 Å². The lowest BCUT2D eigenvalue weighted by atomic mass is 10.1. The first kappa shape index (κ1) is 12.7. The summed E-state index contributed by atoms with van der Waals surface area (Å²) in [6, 6.07) is 5.30. The minimum absolute atomic E-state index is 0.163. The van der Waals surface area contributed by atoms with E-state index in [1.165, 1.54) is 29.4 Å². The van der Waals surface area contributed by atoms with Gasteiger partial charge in [-0.2, -0.15) is 0 Å². The Morgan fingerprint density at radius 3 is 2.47 bits per heavy atom. The topological polar surface area (TPSA) is 99.7 Å². The van der Waals surface area contributed by atoms with Gasteiger partial charge in [-0.15, -0.1) is 0 Å². The molecule has 0 aliphatic heterocycles. The lowest BCUT2D eigenvalue weighted by Gasteiger charge is -2.19. The number of phenols is 2. The van der Waals surface area contributed by atoms with Crippen LogP contribution in [0.2, 0.25) is 0 Å². The number of carbonyl (C=O) groups excluding carboxylic acids is 1. The molecule has 1 aromatic heterocycles. The fourth-order valence-electron chi connectivity index (χ4n) is 1.73. The van der Waals surface area contributed by atoms with Crippen molar-refractivity contribution < 1.29 is 15.0 Å². The van der Waals surface area contributed by atoms with Crippen molar-refractivity contribution >= 4 is 17.3 Å². The summed E-state index contributed by atoms with van der Waals surface area (Å²) in [5, 5.41) is 18.8. The summed E-state index contributed by atoms with van der Waals surface area (Å²) in [6.45, 7) is 0. The van der Waals surface area contributed by atoms with Gasteiger partial charge in [0, 0.05) is 24.9 Å². The molecule has 1 aromatic carbocycles. The maximum absolute atomic E-state index is 12.2. The number of hydrogen-bond donors (Lipinski definition) is 3. The van der Waals surface area contributed by atoms with Gasteiger partial charge in [0.2, 0.25) is 0 Å². The summed E-state index contributed by atoms with van der Waals surface area (Å²) in [7, 11) is 1.55. The highest BCUT2D eigenvalue weighted by Gasteiger charge is 2.16. The molecule has 6 nitrogen and oxygen atoms in total. The zero-order valence-corrected chi connectivity index (χ0v) is 10.2. The molecule has 0 fully saturated rings. The second-order valence-electron chi connectivity index (χ2n) is 4.04. The molecule has 2 rings (SSSR count). The first-order chi connectivity index (χ1) is 8.99. The number of nitrogen functional groups attached to an aromatic ring is 1. The molecule has 0 saturated heterocycles. The van der Waals surface area contributed by atoms with Crippen LogP contribution in [0.5, 0.6) is 11.5 Å². The van der Waals surface area contributed by atoms with Crippen LogP contribution in [0.4, 0.5) is 11.4 Å². The molecule has 0 saturated carbocycles. The van der Waals surface area contributed by atoms with Crippen molar-refractivity contribution in [1.29, 1.82) is 0 Å². The molecule has 0 spiro atoms. The van der Waals surface area contributed by atoms with Gasteiger partial charge in [0.1, 0.15) is 11.5 Å². The third kappa shape index (κ3) is 2.57. The van der Waals surface area contributed by atoms with Gasteiger partial charge < -0.3 is 20.8 Å². The normalized spacial score (nSPS) is 10.2. The van der Waals surface area contributed by atoms with Crippen LogP contribution in [-0.2, 0) is 0 Å². The third-order valence-electron chi connectivity index (χ3n) is 2.64. The van der Waals surface area contributed by atoms with E-state index < -0.39 is 5.91 Å². The van der Waals surface area contributed by atoms with E-state index in [2.05, 4.69) is 4.98 Å². The predicted molar refractivity (Wildman–Crippen MR) is 71.2 cm³/mol. The molecule has 1 heterocycles. The molecule has 98 valence electrons. The van der Waals surface area contributed by atoms with Gasteiger partial charge >= 0.3 is 0 Å². The van der Waals surface area contributed by atoms with Crippen LogP contribution in [0.15, 0.2) is 36.7 Å². The molecule has 0 unspecified atom stereocenters. The Balaban J connectivity index is 2.36. The number of pyridine rings is 1. The molecule has 0 aliphatic carbocycles. The van der Waals surface area contributed by atoms with E-state index in [1.54, 1.807) is 13.1 Å². The van der Waals surface area contributed by atoms with Crippen LogP contribution in [0, 0.1) is 0 Å². The van der Waals surface area contributed by atoms with E-state index in [0.29, 0.717) is 11.4 Å². The molecule has 0 atom stereocenters. The van der Waals surface area contributed by atoms with Gasteiger partial charge in [0.15, 0.2) is 0 Å². The number of nitrogens with two attached hydrogens (primary N) is 1. The number of aromatic nitrogens is 1. The SMILES string of the molecule is CN(C(=O)c1cc(O)cc(O)c1)c1ccncc1N. The first-order valence-electron chi connectivity index (χ1n) is 5.49. The lowest BCUT2D eigenvalue weighted by molar-refractivity contribution is 0.0992. The van der Waals surface area contributed by atoms with Crippen LogP contribution >= 0.6 is 0 Å². The summed E-state index contributed by atoms with van der Waals surface area (Å²) < 4.78 is 0. The highest BCUT2D eigenvalue weighted by molar-refractivity contribution is 6.07. The number of benzene rings is 1. The van der Waals surface area contributed by atoms with Crippen molar-refractivity contribution in [1.82, 2.24) is 4.98 Å². The Morgan fingerprint density at radius 1 is 1.26 bits per heavy atom. The molecule has 4 N–H and O–H groups in total. The number of aromatic hydroxyl groups is 2. The second-order valence-corrected chi connectivity index (χ2v) is 4.04. The Morgan fingerprint density at radius 2 is 1.89 bits per heavy atom. The number of rotatable bonds is 2. The van der Waals surface area contributed by atoms with E-state index in [0.717, 1.165) is 6.07 Å². The highest BCUT2D eigenvalue weighted by Crippen LogP contribution is 2.25. The number of nitrogens with zero attached hydrogens (tertiary/aromatic N) is 2. The van der Waals surface area contributed by atoms with E-state index in [4.69, 9.17) is 5.73 Å². The minimum atomic E-state index is -0.399. The molecule has 0 bridgehead atoms. The van der Waals surface area contributed by atoms with Gasteiger partial charge in [-0.3, -0.25) is 9.78 Å². The van der Waals surface area contributed by atoms with Crippen LogP contribution in [0.3, 0.4) is 0 Å². The van der Waals surface area contributed by atoms with E-state index in [9.17, 15) is 15.0 Å². The van der Waals surface area contributed by atoms with Crippen LogP contribution in [-0.4, -0.2) is 28.2 Å². The largest absolute Gasteiger partial charge is 0.508 e. The third-order valence-corrected chi connectivity index (χ3v) is 2.64. The van der Waals surface area contributed by atoms with Gasteiger partial charge in [-0.1, -0.05) is 0 Å². The van der Waals surface area contributed by atoms with Crippen molar-refractivity contribution in [2.45, 2.75) is 0 Å². The highest BCUT2D eigenvalue weighted by atomic mass is 16.3. The molecule has 0 aliphatic rings. The minimum Gasteiger partial charge on any atom is -0.508 e. The maximum atomic E-state index is 12.2. The molecule has 1 amide bonds.